The van der Waals surface area contributed by atoms with Gasteiger partial charge in [-0.1, -0.05) is 18.2 Å². The van der Waals surface area contributed by atoms with E-state index in [0.29, 0.717) is 18.7 Å². The normalized spacial score (nSPS) is 15.9. The standard InChI is InChI=1S/C21H27N3O4S/c1-17(16-28-2)22-29(26,27)20-10-8-18(9-11-20)21(25)24-14-12-23(13-15-24)19-6-4-3-5-7-19/h3-11,17,22H,12-16H2,1-2H3/t17-/m1/s1. The zero-order chi connectivity index (χ0) is 20.9. The molecule has 1 fully saturated rings. The van der Waals surface area contributed by atoms with Gasteiger partial charge in [-0.3, -0.25) is 4.79 Å². The Hall–Kier alpha value is -2.42. The van der Waals surface area contributed by atoms with E-state index in [1.807, 2.05) is 23.1 Å². The SMILES string of the molecule is COC[C@@H](C)NS(=O)(=O)c1ccc(C(=O)N2CCN(c3ccccc3)CC2)cc1. The molecule has 156 valence electrons. The lowest BCUT2D eigenvalue weighted by Crippen LogP contribution is -2.48. The summed E-state index contributed by atoms with van der Waals surface area (Å²) in [4.78, 5) is 17.0. The summed E-state index contributed by atoms with van der Waals surface area (Å²) in [6.07, 6.45) is 0. The van der Waals surface area contributed by atoms with Crippen LogP contribution in [0.4, 0.5) is 5.69 Å². The van der Waals surface area contributed by atoms with Gasteiger partial charge >= 0.3 is 0 Å². The van der Waals surface area contributed by atoms with Crippen molar-refractivity contribution >= 4 is 21.6 Å². The monoisotopic (exact) mass is 417 g/mol. The predicted molar refractivity (Wildman–Crippen MR) is 113 cm³/mol. The molecule has 0 radical (unpaired) electrons. The molecule has 1 aliphatic heterocycles. The Kier molecular flexibility index (Phi) is 6.89. The highest BCUT2D eigenvalue weighted by molar-refractivity contribution is 7.89. The number of hydrogen-bond donors (Lipinski definition) is 1. The average molecular weight is 418 g/mol. The highest BCUT2D eigenvalue weighted by Crippen LogP contribution is 2.18. The summed E-state index contributed by atoms with van der Waals surface area (Å²) in [5, 5.41) is 0. The van der Waals surface area contributed by atoms with E-state index >= 15 is 0 Å². The molecule has 1 N–H and O–H groups in total. The van der Waals surface area contributed by atoms with Crippen LogP contribution in [0.15, 0.2) is 59.5 Å². The molecule has 0 spiro atoms. The number of methoxy groups -OCH3 is 1. The van der Waals surface area contributed by atoms with Gasteiger partial charge in [-0.15, -0.1) is 0 Å². The van der Waals surface area contributed by atoms with Crippen molar-refractivity contribution in [3.8, 4) is 0 Å². The quantitative estimate of drug-likeness (QED) is 0.745. The van der Waals surface area contributed by atoms with Crippen LogP contribution < -0.4 is 9.62 Å². The molecule has 1 amide bonds. The van der Waals surface area contributed by atoms with Crippen LogP contribution in [0.3, 0.4) is 0 Å². The molecular weight excluding hydrogens is 390 g/mol. The first-order chi connectivity index (χ1) is 13.9. The summed E-state index contributed by atoms with van der Waals surface area (Å²) in [7, 11) is -2.13. The summed E-state index contributed by atoms with van der Waals surface area (Å²) in [5.74, 6) is -0.0811. The minimum absolute atomic E-state index is 0.0811. The maximum absolute atomic E-state index is 12.8. The smallest absolute Gasteiger partial charge is 0.253 e. The van der Waals surface area contributed by atoms with Crippen molar-refractivity contribution in [1.82, 2.24) is 9.62 Å². The number of ether oxygens (including phenoxy) is 1. The number of nitrogens with one attached hydrogen (secondary N) is 1. The molecule has 1 atom stereocenters. The molecular formula is C21H27N3O4S. The van der Waals surface area contributed by atoms with Crippen LogP contribution >= 0.6 is 0 Å². The lowest BCUT2D eigenvalue weighted by atomic mass is 10.1. The Balaban J connectivity index is 1.61. The van der Waals surface area contributed by atoms with Gasteiger partial charge in [-0.2, -0.15) is 0 Å². The molecule has 0 aliphatic carbocycles. The molecule has 1 aliphatic rings. The Labute approximate surface area is 172 Å². The van der Waals surface area contributed by atoms with Crippen molar-refractivity contribution in [1.29, 1.82) is 0 Å². The van der Waals surface area contributed by atoms with Crippen molar-refractivity contribution in [2.75, 3.05) is 44.8 Å². The zero-order valence-electron chi connectivity index (χ0n) is 16.7. The van der Waals surface area contributed by atoms with Crippen LogP contribution in [0.1, 0.15) is 17.3 Å². The number of anilines is 1. The van der Waals surface area contributed by atoms with Gasteiger partial charge in [0, 0.05) is 50.6 Å². The van der Waals surface area contributed by atoms with E-state index in [9.17, 15) is 13.2 Å². The lowest BCUT2D eigenvalue weighted by molar-refractivity contribution is 0.0746. The molecule has 0 saturated carbocycles. The van der Waals surface area contributed by atoms with Crippen LogP contribution in [0.25, 0.3) is 0 Å². The van der Waals surface area contributed by atoms with E-state index in [2.05, 4.69) is 21.8 Å². The van der Waals surface area contributed by atoms with Gasteiger partial charge in [0.1, 0.15) is 0 Å². The third kappa shape index (κ3) is 5.35. The molecule has 29 heavy (non-hydrogen) atoms. The number of piperazine rings is 1. The molecule has 1 heterocycles. The summed E-state index contributed by atoms with van der Waals surface area (Å²) >= 11 is 0. The fraction of sp³-hybridized carbons (Fsp3) is 0.381. The molecule has 7 nitrogen and oxygen atoms in total. The number of hydrogen-bond acceptors (Lipinski definition) is 5. The molecule has 1 saturated heterocycles. The summed E-state index contributed by atoms with van der Waals surface area (Å²) in [5.41, 5.74) is 1.64. The van der Waals surface area contributed by atoms with E-state index in [0.717, 1.165) is 18.8 Å². The van der Waals surface area contributed by atoms with E-state index in [1.54, 1.807) is 19.1 Å². The number of benzene rings is 2. The third-order valence-electron chi connectivity index (χ3n) is 4.87. The number of carbonyl (C=O) groups excluding carboxylic acids is 1. The van der Waals surface area contributed by atoms with Gasteiger partial charge < -0.3 is 14.5 Å². The first-order valence-corrected chi connectivity index (χ1v) is 11.1. The number of amides is 1. The van der Waals surface area contributed by atoms with Crippen LogP contribution in [0, 0.1) is 0 Å². The van der Waals surface area contributed by atoms with Gasteiger partial charge in [0.25, 0.3) is 5.91 Å². The van der Waals surface area contributed by atoms with Gasteiger partial charge in [-0.05, 0) is 43.3 Å². The third-order valence-corrected chi connectivity index (χ3v) is 6.48. The van der Waals surface area contributed by atoms with Crippen molar-refractivity contribution in [2.45, 2.75) is 17.9 Å². The molecule has 2 aromatic carbocycles. The Bertz CT molecular complexity index is 909. The van der Waals surface area contributed by atoms with Gasteiger partial charge in [-0.25, -0.2) is 13.1 Å². The minimum atomic E-state index is -3.65. The van der Waals surface area contributed by atoms with Crippen molar-refractivity contribution < 1.29 is 17.9 Å². The van der Waals surface area contributed by atoms with Crippen LogP contribution in [0.5, 0.6) is 0 Å². The van der Waals surface area contributed by atoms with E-state index in [-0.39, 0.29) is 23.5 Å². The van der Waals surface area contributed by atoms with Gasteiger partial charge in [0.2, 0.25) is 10.0 Å². The molecule has 0 aromatic heterocycles. The second-order valence-corrected chi connectivity index (χ2v) is 8.83. The lowest BCUT2D eigenvalue weighted by Gasteiger charge is -2.36. The molecule has 8 heteroatoms. The Morgan fingerprint density at radius 3 is 2.24 bits per heavy atom. The molecule has 0 bridgehead atoms. The Morgan fingerprint density at radius 2 is 1.66 bits per heavy atom. The van der Waals surface area contributed by atoms with E-state index in [1.165, 1.54) is 19.2 Å². The van der Waals surface area contributed by atoms with Gasteiger partial charge in [0.05, 0.1) is 11.5 Å². The number of nitrogens with zero attached hydrogens (tertiary/aromatic N) is 2. The van der Waals surface area contributed by atoms with Crippen LogP contribution in [-0.2, 0) is 14.8 Å². The maximum Gasteiger partial charge on any atom is 0.253 e. The first-order valence-electron chi connectivity index (χ1n) is 9.61. The largest absolute Gasteiger partial charge is 0.383 e. The van der Waals surface area contributed by atoms with Crippen LogP contribution in [-0.4, -0.2) is 65.2 Å². The van der Waals surface area contributed by atoms with Gasteiger partial charge in [0.15, 0.2) is 0 Å². The fourth-order valence-electron chi connectivity index (χ4n) is 3.38. The average Bonchev–Trinajstić information content (AvgIpc) is 2.74. The Morgan fingerprint density at radius 1 is 1.03 bits per heavy atom. The number of rotatable bonds is 7. The summed E-state index contributed by atoms with van der Waals surface area (Å²) < 4.78 is 32.3. The zero-order valence-corrected chi connectivity index (χ0v) is 17.6. The second-order valence-electron chi connectivity index (χ2n) is 7.12. The van der Waals surface area contributed by atoms with Crippen molar-refractivity contribution in [3.05, 3.63) is 60.2 Å². The summed E-state index contributed by atoms with van der Waals surface area (Å²) in [6.45, 7) is 4.81. The highest BCUT2D eigenvalue weighted by Gasteiger charge is 2.23. The minimum Gasteiger partial charge on any atom is -0.383 e. The highest BCUT2D eigenvalue weighted by atomic mass is 32.2. The predicted octanol–water partition coefficient (Wildman–Crippen LogP) is 1.96. The van der Waals surface area contributed by atoms with Crippen molar-refractivity contribution in [2.24, 2.45) is 0 Å². The number of carbonyl (C=O) groups is 1. The van der Waals surface area contributed by atoms with E-state index in [4.69, 9.17) is 4.74 Å². The second kappa shape index (κ2) is 9.39. The van der Waals surface area contributed by atoms with E-state index < -0.39 is 10.0 Å². The van der Waals surface area contributed by atoms with Crippen molar-refractivity contribution in [3.63, 3.8) is 0 Å². The molecule has 0 unspecified atom stereocenters. The van der Waals surface area contributed by atoms with Crippen LogP contribution in [0.2, 0.25) is 0 Å². The maximum atomic E-state index is 12.8. The molecule has 2 aromatic rings. The first kappa shape index (κ1) is 21.3. The number of para-hydroxylation sites is 1. The number of sulfonamides is 1. The molecule has 3 rings (SSSR count). The fourth-order valence-corrected chi connectivity index (χ4v) is 4.61. The summed E-state index contributed by atoms with van der Waals surface area (Å²) in [6, 6.07) is 15.9. The topological polar surface area (TPSA) is 78.9 Å².